The van der Waals surface area contributed by atoms with E-state index in [4.69, 9.17) is 14.5 Å². The highest BCUT2D eigenvalue weighted by molar-refractivity contribution is 8.47. The molecule has 0 radical (unpaired) electrons. The van der Waals surface area contributed by atoms with Crippen LogP contribution in [0, 0.1) is 6.92 Å². The molecule has 7 heteroatoms. The third-order valence-corrected chi connectivity index (χ3v) is 6.27. The smallest absolute Gasteiger partial charge is 0.410 e. The van der Waals surface area contributed by atoms with Crippen molar-refractivity contribution in [3.8, 4) is 0 Å². The predicted octanol–water partition coefficient (Wildman–Crippen LogP) is 5.07. The van der Waals surface area contributed by atoms with Gasteiger partial charge in [-0.3, -0.25) is 4.98 Å². The van der Waals surface area contributed by atoms with Crippen molar-refractivity contribution in [3.63, 3.8) is 0 Å². The number of alkyl carbamates (subject to hydrolysis) is 1. The highest BCUT2D eigenvalue weighted by Gasteiger charge is 2.36. The first-order chi connectivity index (χ1) is 12.9. The molecule has 6 nitrogen and oxygen atoms in total. The van der Waals surface area contributed by atoms with Gasteiger partial charge in [0.05, 0.1) is 5.04 Å². The second kappa shape index (κ2) is 8.15. The van der Waals surface area contributed by atoms with Crippen LogP contribution in [0.5, 0.6) is 0 Å². The number of hydrogen-bond acceptors (Lipinski definition) is 5. The number of amides is 1. The highest BCUT2D eigenvalue weighted by atomic mass is 32.3. The molecule has 156 valence electrons. The monoisotopic (exact) mass is 407 g/mol. The molecule has 1 atom stereocenters. The molecule has 0 aliphatic carbocycles. The van der Waals surface area contributed by atoms with Crippen LogP contribution in [0.4, 0.5) is 4.79 Å². The Morgan fingerprint density at radius 3 is 2.50 bits per heavy atom. The Bertz CT molecular complexity index is 796. The maximum Gasteiger partial charge on any atom is 0.410 e. The van der Waals surface area contributed by atoms with Crippen molar-refractivity contribution in [1.82, 2.24) is 10.3 Å². The minimum Gasteiger partial charge on any atom is -0.435 e. The molecule has 0 bridgehead atoms. The van der Waals surface area contributed by atoms with Crippen LogP contribution in [-0.4, -0.2) is 40.0 Å². The average molecular weight is 408 g/mol. The predicted molar refractivity (Wildman–Crippen MR) is 117 cm³/mol. The van der Waals surface area contributed by atoms with Crippen LogP contribution < -0.4 is 5.32 Å². The van der Waals surface area contributed by atoms with Gasteiger partial charge in [0.2, 0.25) is 5.88 Å². The van der Waals surface area contributed by atoms with Crippen molar-refractivity contribution in [3.05, 3.63) is 40.9 Å². The Balaban J connectivity index is 2.25. The Labute approximate surface area is 170 Å². The molecular weight excluding hydrogens is 374 g/mol. The summed E-state index contributed by atoms with van der Waals surface area (Å²) in [5.74, 6) is -0.580. The van der Waals surface area contributed by atoms with E-state index in [0.717, 1.165) is 22.6 Å². The van der Waals surface area contributed by atoms with Crippen molar-refractivity contribution < 1.29 is 14.3 Å². The number of aromatic nitrogens is 1. The van der Waals surface area contributed by atoms with E-state index in [-0.39, 0.29) is 5.54 Å². The number of rotatable bonds is 6. The van der Waals surface area contributed by atoms with Gasteiger partial charge in [0.1, 0.15) is 0 Å². The lowest BCUT2D eigenvalue weighted by molar-refractivity contribution is -0.168. The Kier molecular flexibility index (Phi) is 6.48. The number of nitrogens with one attached hydrogen (secondary N) is 1. The standard InChI is InChI=1S/C21H33N3O3S/c1-9-11-21(6,27-19(25)24-20(3,4)5)26-17-14-28(7,8)18(23-17)16-10-12-22-13-15(16)2/h10,12-14H,9,11H2,1-8H3,(H,24,25)/t21-/m0/s1. The number of aliphatic imine (C=N–C) groups is 1. The summed E-state index contributed by atoms with van der Waals surface area (Å²) in [6.45, 7) is 11.6. The second-order valence-corrected chi connectivity index (χ2v) is 12.2. The minimum atomic E-state index is -1.28. The number of ether oxygens (including phenoxy) is 2. The van der Waals surface area contributed by atoms with E-state index in [9.17, 15) is 4.79 Å². The Morgan fingerprint density at radius 2 is 1.93 bits per heavy atom. The number of carbonyl (C=O) groups is 1. The normalized spacial score (nSPS) is 19.1. The van der Waals surface area contributed by atoms with E-state index >= 15 is 0 Å². The third kappa shape index (κ3) is 5.74. The molecule has 1 aromatic rings. The molecule has 2 rings (SSSR count). The van der Waals surface area contributed by atoms with Gasteiger partial charge in [0, 0.05) is 42.2 Å². The average Bonchev–Trinajstić information content (AvgIpc) is 2.79. The van der Waals surface area contributed by atoms with Gasteiger partial charge in [-0.05, 0) is 58.3 Å². The molecular formula is C21H33N3O3S. The molecule has 0 saturated heterocycles. The molecule has 0 fully saturated rings. The summed E-state index contributed by atoms with van der Waals surface area (Å²) in [7, 11) is -1.28. The van der Waals surface area contributed by atoms with Crippen LogP contribution in [0.3, 0.4) is 0 Å². The van der Waals surface area contributed by atoms with Crippen molar-refractivity contribution in [2.24, 2.45) is 4.99 Å². The number of nitrogens with zero attached hydrogens (tertiary/aromatic N) is 2. The lowest BCUT2D eigenvalue weighted by Gasteiger charge is -2.31. The lowest BCUT2D eigenvalue weighted by Crippen LogP contribution is -2.45. The highest BCUT2D eigenvalue weighted by Crippen LogP contribution is 2.52. The molecule has 0 aromatic carbocycles. The van der Waals surface area contributed by atoms with Crippen LogP contribution in [0.25, 0.3) is 0 Å². The Morgan fingerprint density at radius 1 is 1.25 bits per heavy atom. The molecule has 1 N–H and O–H groups in total. The summed E-state index contributed by atoms with van der Waals surface area (Å²) in [5.41, 5.74) is 1.77. The summed E-state index contributed by atoms with van der Waals surface area (Å²) in [6.07, 6.45) is 8.84. The van der Waals surface area contributed by atoms with Gasteiger partial charge >= 0.3 is 6.09 Å². The summed E-state index contributed by atoms with van der Waals surface area (Å²) >= 11 is 0. The van der Waals surface area contributed by atoms with Gasteiger partial charge in [-0.25, -0.2) is 9.79 Å². The molecule has 0 unspecified atom stereocenters. The molecule has 0 saturated carbocycles. The first-order valence-electron chi connectivity index (χ1n) is 9.50. The van der Waals surface area contributed by atoms with E-state index in [1.807, 2.05) is 46.9 Å². The molecule has 1 aliphatic heterocycles. The van der Waals surface area contributed by atoms with Gasteiger partial charge in [0.25, 0.3) is 5.79 Å². The SMILES string of the molecule is CCC[C@](C)(OC(=O)NC(C)(C)C)OC1=CS(C)(C)C(c2ccncc2C)=N1. The van der Waals surface area contributed by atoms with Crippen LogP contribution in [0.15, 0.2) is 34.7 Å². The largest absolute Gasteiger partial charge is 0.435 e. The fourth-order valence-electron chi connectivity index (χ4n) is 2.98. The summed E-state index contributed by atoms with van der Waals surface area (Å²) in [5, 5.41) is 5.88. The van der Waals surface area contributed by atoms with Crippen molar-refractivity contribution in [1.29, 1.82) is 0 Å². The maximum atomic E-state index is 12.3. The van der Waals surface area contributed by atoms with E-state index < -0.39 is 21.9 Å². The van der Waals surface area contributed by atoms with Crippen molar-refractivity contribution in [2.75, 3.05) is 12.5 Å². The zero-order chi connectivity index (χ0) is 21.2. The quantitative estimate of drug-likeness (QED) is 0.668. The van der Waals surface area contributed by atoms with E-state index in [2.05, 4.69) is 28.2 Å². The van der Waals surface area contributed by atoms with Crippen LogP contribution in [0.2, 0.25) is 0 Å². The van der Waals surface area contributed by atoms with Gasteiger partial charge in [0.15, 0.2) is 0 Å². The van der Waals surface area contributed by atoms with Crippen LogP contribution in [-0.2, 0) is 9.47 Å². The fourth-order valence-corrected chi connectivity index (χ4v) is 4.82. The zero-order valence-corrected chi connectivity index (χ0v) is 19.1. The van der Waals surface area contributed by atoms with Crippen molar-refractivity contribution >= 4 is 21.2 Å². The molecule has 1 aliphatic rings. The van der Waals surface area contributed by atoms with E-state index in [1.165, 1.54) is 0 Å². The fraction of sp³-hybridized carbons (Fsp3) is 0.571. The van der Waals surface area contributed by atoms with Crippen LogP contribution in [0.1, 0.15) is 58.6 Å². The zero-order valence-electron chi connectivity index (χ0n) is 18.3. The molecule has 28 heavy (non-hydrogen) atoms. The Hall–Kier alpha value is -2.02. The third-order valence-electron chi connectivity index (χ3n) is 4.17. The summed E-state index contributed by atoms with van der Waals surface area (Å²) in [4.78, 5) is 21.3. The first-order valence-corrected chi connectivity index (χ1v) is 12.0. The maximum absolute atomic E-state index is 12.3. The number of carbonyl (C=O) groups excluding carboxylic acids is 1. The molecule has 0 spiro atoms. The molecule has 1 aromatic heterocycles. The number of hydrogen-bond donors (Lipinski definition) is 1. The number of aryl methyl sites for hydroxylation is 1. The minimum absolute atomic E-state index is 0.382. The van der Waals surface area contributed by atoms with Crippen LogP contribution >= 0.6 is 10.0 Å². The lowest BCUT2D eigenvalue weighted by atomic mass is 10.1. The van der Waals surface area contributed by atoms with Gasteiger partial charge < -0.3 is 14.8 Å². The topological polar surface area (TPSA) is 72.8 Å². The van der Waals surface area contributed by atoms with E-state index in [0.29, 0.717) is 12.3 Å². The van der Waals surface area contributed by atoms with E-state index in [1.54, 1.807) is 13.1 Å². The molecule has 1 amide bonds. The first kappa shape index (κ1) is 22.3. The second-order valence-electron chi connectivity index (χ2n) is 8.72. The van der Waals surface area contributed by atoms with Gasteiger partial charge in [-0.2, -0.15) is 10.0 Å². The van der Waals surface area contributed by atoms with Gasteiger partial charge in [-0.1, -0.05) is 6.92 Å². The van der Waals surface area contributed by atoms with Gasteiger partial charge in [-0.15, -0.1) is 0 Å². The molecule has 2 heterocycles. The summed E-state index contributed by atoms with van der Waals surface area (Å²) < 4.78 is 11.8. The van der Waals surface area contributed by atoms with Crippen molar-refractivity contribution in [2.45, 2.75) is 65.7 Å². The summed E-state index contributed by atoms with van der Waals surface area (Å²) in [6, 6.07) is 1.98. The number of pyridine rings is 1.